The molecule has 2 nitrogen and oxygen atoms in total. The molecule has 0 spiro atoms. The van der Waals surface area contributed by atoms with Gasteiger partial charge in [-0.2, -0.15) is 0 Å². The molecule has 1 aromatic carbocycles. The second kappa shape index (κ2) is 3.53. The molecule has 0 atom stereocenters. The molecule has 2 N–H and O–H groups in total. The van der Waals surface area contributed by atoms with Crippen LogP contribution in [0.2, 0.25) is 0 Å². The Bertz CT molecular complexity index is 348. The van der Waals surface area contributed by atoms with Crippen LogP contribution in [0.15, 0.2) is 12.1 Å². The maximum atomic E-state index is 13.4. The molecular formula is C10H12F2N2. The van der Waals surface area contributed by atoms with Crippen LogP contribution in [0, 0.1) is 11.6 Å². The average Bonchev–Trinajstić information content (AvgIpc) is 2.10. The molecule has 1 heterocycles. The fourth-order valence-corrected chi connectivity index (χ4v) is 1.54. The van der Waals surface area contributed by atoms with Crippen molar-refractivity contribution in [2.75, 3.05) is 18.0 Å². The van der Waals surface area contributed by atoms with Gasteiger partial charge in [-0.25, -0.2) is 8.78 Å². The first kappa shape index (κ1) is 9.40. The van der Waals surface area contributed by atoms with Crippen molar-refractivity contribution in [2.45, 2.75) is 13.0 Å². The van der Waals surface area contributed by atoms with Gasteiger partial charge in [-0.3, -0.25) is 0 Å². The monoisotopic (exact) mass is 198 g/mol. The topological polar surface area (TPSA) is 29.3 Å². The minimum atomic E-state index is -0.808. The lowest BCUT2D eigenvalue weighted by atomic mass is 10.1. The van der Waals surface area contributed by atoms with Crippen LogP contribution in [0.3, 0.4) is 0 Å². The summed E-state index contributed by atoms with van der Waals surface area (Å²) in [6.45, 7) is 1.64. The lowest BCUT2D eigenvalue weighted by Gasteiger charge is -2.33. The number of hydrogen-bond donors (Lipinski definition) is 1. The third-order valence-electron chi connectivity index (χ3n) is 2.56. The van der Waals surface area contributed by atoms with Gasteiger partial charge in [0.05, 0.1) is 5.69 Å². The molecule has 1 fully saturated rings. The van der Waals surface area contributed by atoms with E-state index in [1.165, 1.54) is 0 Å². The molecule has 2 rings (SSSR count). The van der Waals surface area contributed by atoms with Crippen molar-refractivity contribution >= 4 is 5.69 Å². The quantitative estimate of drug-likeness (QED) is 0.782. The smallest absolute Gasteiger partial charge is 0.182 e. The predicted molar refractivity (Wildman–Crippen MR) is 51.1 cm³/mol. The van der Waals surface area contributed by atoms with E-state index >= 15 is 0 Å². The molecule has 0 unspecified atom stereocenters. The summed E-state index contributed by atoms with van der Waals surface area (Å²) >= 11 is 0. The molecule has 4 heteroatoms. The Kier molecular flexibility index (Phi) is 2.37. The minimum absolute atomic E-state index is 0.0308. The highest BCUT2D eigenvalue weighted by Crippen LogP contribution is 2.27. The highest BCUT2D eigenvalue weighted by atomic mass is 19.2. The van der Waals surface area contributed by atoms with Crippen molar-refractivity contribution in [2.24, 2.45) is 5.73 Å². The highest BCUT2D eigenvalue weighted by molar-refractivity contribution is 5.51. The molecule has 1 aliphatic rings. The molecule has 1 saturated heterocycles. The van der Waals surface area contributed by atoms with Crippen LogP contribution in [0.5, 0.6) is 0 Å². The number of halogens is 2. The maximum Gasteiger partial charge on any atom is 0.182 e. The molecule has 1 aliphatic heterocycles. The third kappa shape index (κ3) is 1.35. The van der Waals surface area contributed by atoms with Crippen molar-refractivity contribution in [1.82, 2.24) is 0 Å². The van der Waals surface area contributed by atoms with E-state index in [4.69, 9.17) is 5.73 Å². The number of rotatable bonds is 2. The number of nitrogens with two attached hydrogens (primary N) is 1. The fourth-order valence-electron chi connectivity index (χ4n) is 1.54. The van der Waals surface area contributed by atoms with Gasteiger partial charge >= 0.3 is 0 Å². The van der Waals surface area contributed by atoms with Crippen molar-refractivity contribution in [3.05, 3.63) is 29.3 Å². The van der Waals surface area contributed by atoms with Gasteiger partial charge in [-0.1, -0.05) is 6.07 Å². The van der Waals surface area contributed by atoms with Gasteiger partial charge in [0.1, 0.15) is 0 Å². The first-order valence-electron chi connectivity index (χ1n) is 4.66. The van der Waals surface area contributed by atoms with Gasteiger partial charge in [0.25, 0.3) is 0 Å². The third-order valence-corrected chi connectivity index (χ3v) is 2.56. The zero-order valence-electron chi connectivity index (χ0n) is 7.76. The molecule has 0 radical (unpaired) electrons. The first-order valence-corrected chi connectivity index (χ1v) is 4.66. The summed E-state index contributed by atoms with van der Waals surface area (Å²) in [7, 11) is 0. The van der Waals surface area contributed by atoms with E-state index in [0.29, 0.717) is 5.69 Å². The van der Waals surface area contributed by atoms with E-state index in [1.807, 2.05) is 4.90 Å². The summed E-state index contributed by atoms with van der Waals surface area (Å²) in [5.74, 6) is -1.58. The van der Waals surface area contributed by atoms with Gasteiger partial charge < -0.3 is 10.6 Å². The molecule has 0 aromatic heterocycles. The van der Waals surface area contributed by atoms with Crippen LogP contribution >= 0.6 is 0 Å². The van der Waals surface area contributed by atoms with Crippen LogP contribution < -0.4 is 10.6 Å². The SMILES string of the molecule is NCc1ccc(N2CCC2)c(F)c1F. The lowest BCUT2D eigenvalue weighted by molar-refractivity contribution is 0.489. The van der Waals surface area contributed by atoms with Crippen LogP contribution in [-0.2, 0) is 6.54 Å². The summed E-state index contributed by atoms with van der Waals surface area (Å²) < 4.78 is 26.7. The van der Waals surface area contributed by atoms with Crippen molar-refractivity contribution < 1.29 is 8.78 Å². The molecule has 76 valence electrons. The molecule has 0 aliphatic carbocycles. The average molecular weight is 198 g/mol. The highest BCUT2D eigenvalue weighted by Gasteiger charge is 2.21. The van der Waals surface area contributed by atoms with E-state index in [0.717, 1.165) is 19.5 Å². The molecular weight excluding hydrogens is 186 g/mol. The Morgan fingerprint density at radius 2 is 1.93 bits per heavy atom. The summed E-state index contributed by atoms with van der Waals surface area (Å²) in [5, 5.41) is 0. The van der Waals surface area contributed by atoms with E-state index in [1.54, 1.807) is 12.1 Å². The number of hydrogen-bond acceptors (Lipinski definition) is 2. The molecule has 1 aromatic rings. The standard InChI is InChI=1S/C10H12F2N2/c11-9-7(6-13)2-3-8(10(9)12)14-4-1-5-14/h2-3H,1,4-6,13H2. The molecule has 0 saturated carbocycles. The van der Waals surface area contributed by atoms with Gasteiger partial charge in [-0.15, -0.1) is 0 Å². The van der Waals surface area contributed by atoms with Gasteiger partial charge in [-0.05, 0) is 12.5 Å². The van der Waals surface area contributed by atoms with E-state index in [-0.39, 0.29) is 12.1 Å². The maximum absolute atomic E-state index is 13.4. The number of nitrogens with zero attached hydrogens (tertiary/aromatic N) is 1. The van der Waals surface area contributed by atoms with Gasteiger partial charge in [0.2, 0.25) is 0 Å². The van der Waals surface area contributed by atoms with Crippen LogP contribution in [-0.4, -0.2) is 13.1 Å². The Balaban J connectivity index is 2.38. The summed E-state index contributed by atoms with van der Waals surface area (Å²) in [5.41, 5.74) is 5.85. The summed E-state index contributed by atoms with van der Waals surface area (Å²) in [6.07, 6.45) is 1.04. The van der Waals surface area contributed by atoms with E-state index in [2.05, 4.69) is 0 Å². The molecule has 14 heavy (non-hydrogen) atoms. The number of benzene rings is 1. The first-order chi connectivity index (χ1) is 6.74. The molecule has 0 amide bonds. The van der Waals surface area contributed by atoms with Crippen molar-refractivity contribution in [3.8, 4) is 0 Å². The second-order valence-electron chi connectivity index (χ2n) is 3.42. The molecule has 0 bridgehead atoms. The zero-order chi connectivity index (χ0) is 10.1. The normalized spacial score (nSPS) is 15.5. The van der Waals surface area contributed by atoms with Gasteiger partial charge in [0.15, 0.2) is 11.6 Å². The van der Waals surface area contributed by atoms with E-state index in [9.17, 15) is 8.78 Å². The van der Waals surface area contributed by atoms with Crippen LogP contribution in [0.1, 0.15) is 12.0 Å². The summed E-state index contributed by atoms with van der Waals surface area (Å²) in [6, 6.07) is 3.14. The van der Waals surface area contributed by atoms with Crippen LogP contribution in [0.25, 0.3) is 0 Å². The minimum Gasteiger partial charge on any atom is -0.369 e. The fraction of sp³-hybridized carbons (Fsp3) is 0.400. The van der Waals surface area contributed by atoms with Crippen molar-refractivity contribution in [3.63, 3.8) is 0 Å². The lowest BCUT2D eigenvalue weighted by Crippen LogP contribution is -2.37. The van der Waals surface area contributed by atoms with E-state index < -0.39 is 11.6 Å². The Labute approximate surface area is 81.3 Å². The van der Waals surface area contributed by atoms with Crippen LogP contribution in [0.4, 0.5) is 14.5 Å². The Hall–Kier alpha value is -1.16. The largest absolute Gasteiger partial charge is 0.369 e. The number of anilines is 1. The Morgan fingerprint density at radius 1 is 1.21 bits per heavy atom. The Morgan fingerprint density at radius 3 is 2.43 bits per heavy atom. The second-order valence-corrected chi connectivity index (χ2v) is 3.42. The zero-order valence-corrected chi connectivity index (χ0v) is 7.76. The van der Waals surface area contributed by atoms with Gasteiger partial charge in [0, 0.05) is 25.2 Å². The summed E-state index contributed by atoms with van der Waals surface area (Å²) in [4.78, 5) is 1.82. The van der Waals surface area contributed by atoms with Crippen molar-refractivity contribution in [1.29, 1.82) is 0 Å². The predicted octanol–water partition coefficient (Wildman–Crippen LogP) is 1.63.